The lowest BCUT2D eigenvalue weighted by Gasteiger charge is -2.20. The van der Waals surface area contributed by atoms with E-state index in [9.17, 15) is 9.18 Å². The van der Waals surface area contributed by atoms with Crippen LogP contribution in [-0.4, -0.2) is 12.6 Å². The minimum Gasteiger partial charge on any atom is -0.465 e. The average Bonchev–Trinajstić information content (AvgIpc) is 2.29. The van der Waals surface area contributed by atoms with Crippen molar-refractivity contribution in [2.75, 3.05) is 6.61 Å². The van der Waals surface area contributed by atoms with E-state index in [2.05, 4.69) is 0 Å². The summed E-state index contributed by atoms with van der Waals surface area (Å²) in [6.45, 7) is 3.14. The minimum absolute atomic E-state index is 0.0379. The molecule has 0 spiro atoms. The molecule has 84 valence electrons. The molecule has 0 fully saturated rings. The third kappa shape index (κ3) is 2.03. The first-order valence-corrected chi connectivity index (χ1v) is 4.89. The second-order valence-corrected chi connectivity index (χ2v) is 3.44. The van der Waals surface area contributed by atoms with E-state index < -0.39 is 17.2 Å². The largest absolute Gasteiger partial charge is 0.465 e. The van der Waals surface area contributed by atoms with Crippen molar-refractivity contribution in [1.82, 2.24) is 0 Å². The molecule has 16 heavy (non-hydrogen) atoms. The maximum atomic E-state index is 13.5. The lowest BCUT2D eigenvalue weighted by Crippen LogP contribution is -2.33. The smallest absolute Gasteiger partial charge is 0.330 e. The summed E-state index contributed by atoms with van der Waals surface area (Å²) in [5, 5.41) is 9.04. The lowest BCUT2D eigenvalue weighted by atomic mass is 9.84. The summed E-state index contributed by atoms with van der Waals surface area (Å²) >= 11 is 0. The van der Waals surface area contributed by atoms with Crippen molar-refractivity contribution in [3.63, 3.8) is 0 Å². The molecule has 3 nitrogen and oxygen atoms in total. The van der Waals surface area contributed by atoms with Gasteiger partial charge in [-0.15, -0.1) is 0 Å². The average molecular weight is 221 g/mol. The number of esters is 1. The van der Waals surface area contributed by atoms with Crippen LogP contribution >= 0.6 is 0 Å². The number of hydrogen-bond donors (Lipinski definition) is 0. The Balaban J connectivity index is 3.21. The summed E-state index contributed by atoms with van der Waals surface area (Å²) in [4.78, 5) is 11.6. The third-order valence-corrected chi connectivity index (χ3v) is 2.32. The minimum atomic E-state index is -1.60. The topological polar surface area (TPSA) is 50.1 Å². The molecule has 0 unspecified atom stereocenters. The highest BCUT2D eigenvalue weighted by atomic mass is 19.1. The fourth-order valence-electron chi connectivity index (χ4n) is 1.36. The van der Waals surface area contributed by atoms with Crippen LogP contribution in [0.5, 0.6) is 0 Å². The molecule has 0 aromatic heterocycles. The summed E-state index contributed by atoms with van der Waals surface area (Å²) < 4.78 is 18.3. The number of rotatable bonds is 3. The van der Waals surface area contributed by atoms with Crippen molar-refractivity contribution in [3.05, 3.63) is 35.6 Å². The van der Waals surface area contributed by atoms with Crippen LogP contribution in [0.15, 0.2) is 24.3 Å². The Kier molecular flexibility index (Phi) is 3.62. The van der Waals surface area contributed by atoms with Crippen LogP contribution in [0.2, 0.25) is 0 Å². The van der Waals surface area contributed by atoms with Crippen molar-refractivity contribution in [3.8, 4) is 6.07 Å². The Morgan fingerprint density at radius 1 is 1.56 bits per heavy atom. The second-order valence-electron chi connectivity index (χ2n) is 3.44. The molecule has 1 rings (SSSR count). The maximum absolute atomic E-state index is 13.5. The Morgan fingerprint density at radius 3 is 2.69 bits per heavy atom. The van der Waals surface area contributed by atoms with Crippen molar-refractivity contribution < 1.29 is 13.9 Å². The van der Waals surface area contributed by atoms with Gasteiger partial charge in [-0.2, -0.15) is 5.26 Å². The summed E-state index contributed by atoms with van der Waals surface area (Å²) in [5.74, 6) is -1.32. The number of benzene rings is 1. The first-order valence-electron chi connectivity index (χ1n) is 4.89. The molecular weight excluding hydrogens is 209 g/mol. The highest BCUT2D eigenvalue weighted by Crippen LogP contribution is 2.26. The van der Waals surface area contributed by atoms with Crippen LogP contribution in [-0.2, 0) is 14.9 Å². The first kappa shape index (κ1) is 12.2. The molecule has 1 atom stereocenters. The van der Waals surface area contributed by atoms with Gasteiger partial charge in [0.25, 0.3) is 0 Å². The van der Waals surface area contributed by atoms with Crippen LogP contribution < -0.4 is 0 Å². The van der Waals surface area contributed by atoms with Gasteiger partial charge in [0, 0.05) is 5.56 Å². The quantitative estimate of drug-likeness (QED) is 0.735. The normalized spacial score (nSPS) is 13.6. The van der Waals surface area contributed by atoms with Crippen molar-refractivity contribution >= 4 is 5.97 Å². The highest BCUT2D eigenvalue weighted by molar-refractivity contribution is 5.86. The Labute approximate surface area is 93.5 Å². The number of carbonyl (C=O) groups excluding carboxylic acids is 1. The molecule has 0 bridgehead atoms. The second kappa shape index (κ2) is 4.75. The number of halogens is 1. The Morgan fingerprint density at radius 2 is 2.19 bits per heavy atom. The molecule has 1 aromatic rings. The molecule has 0 heterocycles. The molecule has 0 aliphatic rings. The van der Waals surface area contributed by atoms with Gasteiger partial charge >= 0.3 is 5.97 Å². The van der Waals surface area contributed by atoms with Gasteiger partial charge in [-0.25, -0.2) is 9.18 Å². The predicted molar refractivity (Wildman–Crippen MR) is 56.0 cm³/mol. The van der Waals surface area contributed by atoms with E-state index in [1.165, 1.54) is 25.1 Å². The van der Waals surface area contributed by atoms with Crippen molar-refractivity contribution in [2.24, 2.45) is 0 Å². The number of hydrogen-bond acceptors (Lipinski definition) is 3. The van der Waals surface area contributed by atoms with Crippen LogP contribution in [0.3, 0.4) is 0 Å². The molecule has 0 saturated carbocycles. The van der Waals surface area contributed by atoms with Gasteiger partial charge < -0.3 is 4.74 Å². The monoisotopic (exact) mass is 221 g/mol. The van der Waals surface area contributed by atoms with E-state index in [1.54, 1.807) is 19.1 Å². The molecule has 0 saturated heterocycles. The summed E-state index contributed by atoms with van der Waals surface area (Å²) in [6, 6.07) is 7.51. The van der Waals surface area contributed by atoms with Crippen LogP contribution in [0, 0.1) is 17.1 Å². The fourth-order valence-corrected chi connectivity index (χ4v) is 1.36. The third-order valence-electron chi connectivity index (χ3n) is 2.32. The van der Waals surface area contributed by atoms with E-state index in [1.807, 2.05) is 0 Å². The highest BCUT2D eigenvalue weighted by Gasteiger charge is 2.39. The summed E-state index contributed by atoms with van der Waals surface area (Å²) in [7, 11) is 0. The number of carbonyl (C=O) groups is 1. The van der Waals surface area contributed by atoms with Gasteiger partial charge in [0.15, 0.2) is 5.41 Å². The standard InChI is InChI=1S/C12H12FNO2/c1-3-16-11(15)12(2,8-14)9-6-4-5-7-10(9)13/h4-7H,3H2,1-2H3/t12-/m0/s1. The molecule has 0 radical (unpaired) electrons. The van der Waals surface area contributed by atoms with E-state index in [4.69, 9.17) is 10.00 Å². The van der Waals surface area contributed by atoms with Gasteiger partial charge in [0.05, 0.1) is 12.7 Å². The number of ether oxygens (including phenoxy) is 1. The summed E-state index contributed by atoms with van der Waals surface area (Å²) in [5.41, 5.74) is -1.56. The first-order chi connectivity index (χ1) is 7.56. The fraction of sp³-hybridized carbons (Fsp3) is 0.333. The summed E-state index contributed by atoms with van der Waals surface area (Å²) in [6.07, 6.45) is 0. The van der Waals surface area contributed by atoms with E-state index in [-0.39, 0.29) is 12.2 Å². The van der Waals surface area contributed by atoms with Crippen LogP contribution in [0.1, 0.15) is 19.4 Å². The molecule has 0 amide bonds. The molecule has 1 aromatic carbocycles. The Bertz CT molecular complexity index is 439. The van der Waals surface area contributed by atoms with E-state index in [0.717, 1.165) is 0 Å². The van der Waals surface area contributed by atoms with Gasteiger partial charge in [-0.1, -0.05) is 18.2 Å². The zero-order valence-electron chi connectivity index (χ0n) is 9.16. The lowest BCUT2D eigenvalue weighted by molar-refractivity contribution is -0.147. The SMILES string of the molecule is CCOC(=O)[C@@](C)(C#N)c1ccccc1F. The van der Waals surface area contributed by atoms with E-state index >= 15 is 0 Å². The van der Waals surface area contributed by atoms with Gasteiger partial charge in [-0.3, -0.25) is 0 Å². The van der Waals surface area contributed by atoms with Crippen molar-refractivity contribution in [2.45, 2.75) is 19.3 Å². The van der Waals surface area contributed by atoms with Crippen LogP contribution in [0.4, 0.5) is 4.39 Å². The van der Waals surface area contributed by atoms with Crippen LogP contribution in [0.25, 0.3) is 0 Å². The van der Waals surface area contributed by atoms with Gasteiger partial charge in [0.2, 0.25) is 0 Å². The van der Waals surface area contributed by atoms with Gasteiger partial charge in [0.1, 0.15) is 5.82 Å². The molecular formula is C12H12FNO2. The van der Waals surface area contributed by atoms with Gasteiger partial charge in [-0.05, 0) is 19.9 Å². The molecule has 4 heteroatoms. The molecule has 0 aliphatic carbocycles. The predicted octanol–water partition coefficient (Wildman–Crippen LogP) is 2.17. The van der Waals surface area contributed by atoms with E-state index in [0.29, 0.717) is 0 Å². The number of nitrogens with zero attached hydrogens (tertiary/aromatic N) is 1. The maximum Gasteiger partial charge on any atom is 0.330 e. The molecule has 0 N–H and O–H groups in total. The zero-order chi connectivity index (χ0) is 12.2. The zero-order valence-corrected chi connectivity index (χ0v) is 9.16. The molecule has 0 aliphatic heterocycles. The van der Waals surface area contributed by atoms with Crippen molar-refractivity contribution in [1.29, 1.82) is 5.26 Å². The Hall–Kier alpha value is -1.89. The number of nitriles is 1.